The van der Waals surface area contributed by atoms with Crippen molar-refractivity contribution in [2.45, 2.75) is 51.7 Å². The van der Waals surface area contributed by atoms with E-state index in [1.807, 2.05) is 27.7 Å². The first-order valence-corrected chi connectivity index (χ1v) is 9.36. The second-order valence-corrected chi connectivity index (χ2v) is 8.04. The van der Waals surface area contributed by atoms with Gasteiger partial charge in [0.05, 0.1) is 31.0 Å². The lowest BCUT2D eigenvalue weighted by Gasteiger charge is -2.31. The highest BCUT2D eigenvalue weighted by Crippen LogP contribution is 2.21. The molecule has 0 aromatic rings. The third-order valence-electron chi connectivity index (χ3n) is 4.74. The third-order valence-corrected chi connectivity index (χ3v) is 4.74. The van der Waals surface area contributed by atoms with Gasteiger partial charge < -0.3 is 9.47 Å². The van der Waals surface area contributed by atoms with Gasteiger partial charge in [0.15, 0.2) is 0 Å². The van der Waals surface area contributed by atoms with Crippen LogP contribution in [0.4, 0.5) is 0 Å². The summed E-state index contributed by atoms with van der Waals surface area (Å²) in [5, 5.41) is 0. The highest BCUT2D eigenvalue weighted by atomic mass is 16.5. The van der Waals surface area contributed by atoms with Gasteiger partial charge in [0, 0.05) is 30.8 Å². The molecular formula is C20H28N2O6. The van der Waals surface area contributed by atoms with Gasteiger partial charge in [-0.1, -0.05) is 0 Å². The molecule has 0 unspecified atom stereocenters. The predicted octanol–water partition coefficient (Wildman–Crippen LogP) is 1.21. The Kier molecular flexibility index (Phi) is 6.90. The molecule has 4 amide bonds. The van der Waals surface area contributed by atoms with Gasteiger partial charge in [-0.25, -0.2) is 0 Å². The van der Waals surface area contributed by atoms with Gasteiger partial charge in [-0.15, -0.1) is 0 Å². The number of ether oxygens (including phenoxy) is 2. The molecule has 0 fully saturated rings. The van der Waals surface area contributed by atoms with E-state index in [-0.39, 0.29) is 36.8 Å². The summed E-state index contributed by atoms with van der Waals surface area (Å²) in [6.07, 6.45) is 6.19. The summed E-state index contributed by atoms with van der Waals surface area (Å²) in [6.45, 7) is 8.87. The van der Waals surface area contributed by atoms with Crippen LogP contribution in [0.25, 0.3) is 0 Å². The molecular weight excluding hydrogens is 364 g/mol. The molecule has 28 heavy (non-hydrogen) atoms. The van der Waals surface area contributed by atoms with E-state index >= 15 is 0 Å². The number of imide groups is 2. The minimum Gasteiger partial charge on any atom is -0.375 e. The van der Waals surface area contributed by atoms with E-state index in [1.165, 1.54) is 29.2 Å². The van der Waals surface area contributed by atoms with Crippen molar-refractivity contribution in [3.63, 3.8) is 0 Å². The average molecular weight is 392 g/mol. The molecule has 0 radical (unpaired) electrons. The van der Waals surface area contributed by atoms with Crippen molar-refractivity contribution in [3.8, 4) is 0 Å². The Hall–Kier alpha value is -2.32. The SMILES string of the molecule is CC(C)(CCOC(C)(C)CCN1C(=O)C=CC1=O)OCCN1C(=O)C=CC1=O. The van der Waals surface area contributed by atoms with E-state index < -0.39 is 11.2 Å². The van der Waals surface area contributed by atoms with Crippen LogP contribution in [0.1, 0.15) is 40.5 Å². The number of hydrogen-bond acceptors (Lipinski definition) is 6. The Bertz CT molecular complexity index is 671. The van der Waals surface area contributed by atoms with E-state index in [2.05, 4.69) is 0 Å². The number of hydrogen-bond donors (Lipinski definition) is 0. The van der Waals surface area contributed by atoms with E-state index in [1.54, 1.807) is 0 Å². The van der Waals surface area contributed by atoms with Gasteiger partial charge in [-0.3, -0.25) is 29.0 Å². The van der Waals surface area contributed by atoms with Crippen LogP contribution < -0.4 is 0 Å². The quantitative estimate of drug-likeness (QED) is 0.491. The molecule has 0 aromatic carbocycles. The normalized spacial score (nSPS) is 17.6. The zero-order valence-electron chi connectivity index (χ0n) is 16.9. The average Bonchev–Trinajstić information content (AvgIpc) is 3.08. The van der Waals surface area contributed by atoms with Gasteiger partial charge in [0.25, 0.3) is 23.6 Å². The highest BCUT2D eigenvalue weighted by Gasteiger charge is 2.28. The molecule has 0 spiro atoms. The summed E-state index contributed by atoms with van der Waals surface area (Å²) in [7, 11) is 0. The lowest BCUT2D eigenvalue weighted by molar-refractivity contribution is -0.141. The fourth-order valence-corrected chi connectivity index (χ4v) is 2.81. The molecule has 8 nitrogen and oxygen atoms in total. The monoisotopic (exact) mass is 392 g/mol. The Labute approximate surface area is 165 Å². The minimum absolute atomic E-state index is 0.215. The van der Waals surface area contributed by atoms with Crippen LogP contribution in [-0.2, 0) is 28.7 Å². The number of nitrogens with zero attached hydrogens (tertiary/aromatic N) is 2. The van der Waals surface area contributed by atoms with Crippen LogP contribution in [0.2, 0.25) is 0 Å². The molecule has 2 heterocycles. The molecule has 0 saturated heterocycles. The zero-order valence-corrected chi connectivity index (χ0v) is 16.9. The summed E-state index contributed by atoms with van der Waals surface area (Å²) in [4.78, 5) is 48.6. The molecule has 0 aliphatic carbocycles. The number of rotatable bonds is 11. The van der Waals surface area contributed by atoms with Crippen molar-refractivity contribution >= 4 is 23.6 Å². The van der Waals surface area contributed by atoms with Crippen LogP contribution in [-0.4, -0.2) is 70.9 Å². The van der Waals surface area contributed by atoms with Crippen LogP contribution >= 0.6 is 0 Å². The van der Waals surface area contributed by atoms with E-state index in [4.69, 9.17) is 9.47 Å². The lowest BCUT2D eigenvalue weighted by Crippen LogP contribution is -2.38. The van der Waals surface area contributed by atoms with Crippen molar-refractivity contribution < 1.29 is 28.7 Å². The maximum absolute atomic E-state index is 11.6. The molecule has 2 aliphatic rings. The van der Waals surface area contributed by atoms with Crippen molar-refractivity contribution in [3.05, 3.63) is 24.3 Å². The van der Waals surface area contributed by atoms with Crippen molar-refractivity contribution in [1.82, 2.24) is 9.80 Å². The standard InChI is InChI=1S/C20H28N2O6/c1-19(2,9-11-21-15(23)5-6-16(21)24)27-13-10-20(3,4)28-14-12-22-17(25)7-8-18(22)26/h5-8H,9-14H2,1-4H3. The van der Waals surface area contributed by atoms with Crippen molar-refractivity contribution in [1.29, 1.82) is 0 Å². The largest absolute Gasteiger partial charge is 0.375 e. The summed E-state index contributed by atoms with van der Waals surface area (Å²) in [5.74, 6) is -1.22. The van der Waals surface area contributed by atoms with E-state index in [0.29, 0.717) is 26.0 Å². The Morgan fingerprint density at radius 2 is 1.04 bits per heavy atom. The fourth-order valence-electron chi connectivity index (χ4n) is 2.81. The Morgan fingerprint density at radius 3 is 1.54 bits per heavy atom. The van der Waals surface area contributed by atoms with Gasteiger partial charge in [0.1, 0.15) is 0 Å². The summed E-state index contributed by atoms with van der Waals surface area (Å²) < 4.78 is 11.7. The van der Waals surface area contributed by atoms with Gasteiger partial charge >= 0.3 is 0 Å². The Balaban J connectivity index is 1.67. The van der Waals surface area contributed by atoms with Crippen molar-refractivity contribution in [2.24, 2.45) is 0 Å². The fraction of sp³-hybridized carbons (Fsp3) is 0.600. The summed E-state index contributed by atoms with van der Waals surface area (Å²) >= 11 is 0. The molecule has 0 N–H and O–H groups in total. The topological polar surface area (TPSA) is 93.2 Å². The number of carbonyl (C=O) groups excluding carboxylic acids is 4. The molecule has 2 aliphatic heterocycles. The second kappa shape index (κ2) is 8.79. The Morgan fingerprint density at radius 1 is 0.643 bits per heavy atom. The summed E-state index contributed by atoms with van der Waals surface area (Å²) in [6, 6.07) is 0. The molecule has 154 valence electrons. The van der Waals surface area contributed by atoms with Gasteiger partial charge in [-0.2, -0.15) is 0 Å². The van der Waals surface area contributed by atoms with E-state index in [0.717, 1.165) is 4.90 Å². The zero-order chi connectivity index (χ0) is 20.9. The molecule has 0 saturated carbocycles. The van der Waals surface area contributed by atoms with E-state index in [9.17, 15) is 19.2 Å². The first kappa shape index (κ1) is 22.0. The number of carbonyl (C=O) groups is 4. The molecule has 0 atom stereocenters. The maximum atomic E-state index is 11.6. The van der Waals surface area contributed by atoms with Crippen LogP contribution in [0.5, 0.6) is 0 Å². The number of amides is 4. The second-order valence-electron chi connectivity index (χ2n) is 8.04. The van der Waals surface area contributed by atoms with Crippen LogP contribution in [0, 0.1) is 0 Å². The molecule has 0 aromatic heterocycles. The molecule has 0 bridgehead atoms. The first-order valence-electron chi connectivity index (χ1n) is 9.36. The minimum atomic E-state index is -0.501. The van der Waals surface area contributed by atoms with Crippen LogP contribution in [0.15, 0.2) is 24.3 Å². The van der Waals surface area contributed by atoms with Crippen LogP contribution in [0.3, 0.4) is 0 Å². The predicted molar refractivity (Wildman–Crippen MR) is 101 cm³/mol. The smallest absolute Gasteiger partial charge is 0.253 e. The first-order chi connectivity index (χ1) is 13.0. The van der Waals surface area contributed by atoms with Gasteiger partial charge in [-0.05, 0) is 40.5 Å². The highest BCUT2D eigenvalue weighted by molar-refractivity contribution is 6.13. The molecule has 8 heteroatoms. The third kappa shape index (κ3) is 6.10. The summed E-state index contributed by atoms with van der Waals surface area (Å²) in [5.41, 5.74) is -0.987. The maximum Gasteiger partial charge on any atom is 0.253 e. The van der Waals surface area contributed by atoms with Gasteiger partial charge in [0.2, 0.25) is 0 Å². The van der Waals surface area contributed by atoms with Crippen molar-refractivity contribution in [2.75, 3.05) is 26.3 Å². The molecule has 2 rings (SSSR count). The lowest BCUT2D eigenvalue weighted by atomic mass is 10.0.